The van der Waals surface area contributed by atoms with Crippen LogP contribution in [-0.2, 0) is 25.4 Å². The molecule has 5 atom stereocenters. The summed E-state index contributed by atoms with van der Waals surface area (Å²) in [7, 11) is 0. The molecule has 0 N–H and O–H groups in total. The van der Waals surface area contributed by atoms with Gasteiger partial charge in [-0.15, -0.1) is 0 Å². The zero-order valence-electron chi connectivity index (χ0n) is 16.3. The van der Waals surface area contributed by atoms with Crippen LogP contribution in [0.25, 0.3) is 0 Å². The lowest BCUT2D eigenvalue weighted by molar-refractivity contribution is -0.387. The van der Waals surface area contributed by atoms with Gasteiger partial charge >= 0.3 is 0 Å². The van der Waals surface area contributed by atoms with Gasteiger partial charge in [0.2, 0.25) is 0 Å². The Morgan fingerprint density at radius 2 is 1.37 bits per heavy atom. The molecule has 0 spiro atoms. The molecule has 10 nitrogen and oxygen atoms in total. The van der Waals surface area contributed by atoms with E-state index in [9.17, 15) is 20.2 Å². The van der Waals surface area contributed by atoms with Gasteiger partial charge in [0.1, 0.15) is 29.9 Å². The highest BCUT2D eigenvalue weighted by atomic mass is 16.7. The van der Waals surface area contributed by atoms with Crippen molar-refractivity contribution in [2.24, 2.45) is 0 Å². The van der Waals surface area contributed by atoms with Crippen molar-refractivity contribution in [2.75, 3.05) is 6.61 Å². The van der Waals surface area contributed by atoms with Crippen LogP contribution in [0.5, 0.6) is 0 Å². The lowest BCUT2D eigenvalue weighted by atomic mass is 9.92. The molecular formula is C20H19N3O7. The molecule has 3 heterocycles. The second-order valence-corrected chi connectivity index (χ2v) is 7.94. The number of nitro groups is 2. The van der Waals surface area contributed by atoms with Crippen molar-refractivity contribution >= 4 is 11.4 Å². The van der Waals surface area contributed by atoms with Crippen molar-refractivity contribution in [3.63, 3.8) is 0 Å². The maximum Gasteiger partial charge on any atom is 0.275 e. The monoisotopic (exact) mass is 413 g/mol. The van der Waals surface area contributed by atoms with Gasteiger partial charge in [-0.2, -0.15) is 0 Å². The summed E-state index contributed by atoms with van der Waals surface area (Å²) in [5, 5.41) is 23.3. The van der Waals surface area contributed by atoms with Gasteiger partial charge in [-0.05, 0) is 26.0 Å². The normalized spacial score (nSPS) is 34.8. The van der Waals surface area contributed by atoms with Crippen molar-refractivity contribution in [1.29, 1.82) is 0 Å². The van der Waals surface area contributed by atoms with Crippen LogP contribution >= 0.6 is 0 Å². The summed E-state index contributed by atoms with van der Waals surface area (Å²) < 4.78 is 18.6. The Morgan fingerprint density at radius 1 is 0.867 bits per heavy atom. The number of rotatable bonds is 4. The molecule has 0 unspecified atom stereocenters. The van der Waals surface area contributed by atoms with E-state index in [1.54, 1.807) is 50.2 Å². The lowest BCUT2D eigenvalue weighted by Gasteiger charge is -2.32. The summed E-state index contributed by atoms with van der Waals surface area (Å²) in [5.74, 6) is 0. The molecule has 0 bridgehead atoms. The van der Waals surface area contributed by atoms with Gasteiger partial charge in [0.15, 0.2) is 0 Å². The lowest BCUT2D eigenvalue weighted by Crippen LogP contribution is -2.40. The minimum Gasteiger partial charge on any atom is -0.355 e. The average Bonchev–Trinajstić information content (AvgIpc) is 3.36. The largest absolute Gasteiger partial charge is 0.355 e. The highest BCUT2D eigenvalue weighted by Gasteiger charge is 2.69. The van der Waals surface area contributed by atoms with Gasteiger partial charge < -0.3 is 14.2 Å². The summed E-state index contributed by atoms with van der Waals surface area (Å²) >= 11 is 0. The fraction of sp³-hybridized carbons (Fsp3) is 0.400. The molecule has 3 aliphatic heterocycles. The Morgan fingerprint density at radius 3 is 1.90 bits per heavy atom. The second-order valence-electron chi connectivity index (χ2n) is 7.94. The number of benzene rings is 2. The molecule has 10 heteroatoms. The first-order valence-electron chi connectivity index (χ1n) is 9.50. The predicted molar refractivity (Wildman–Crippen MR) is 102 cm³/mol. The summed E-state index contributed by atoms with van der Waals surface area (Å²) in [6, 6.07) is 12.8. The van der Waals surface area contributed by atoms with E-state index >= 15 is 0 Å². The van der Waals surface area contributed by atoms with Crippen LogP contribution in [0.4, 0.5) is 11.4 Å². The summed E-state index contributed by atoms with van der Waals surface area (Å²) in [6.45, 7) is 3.73. The molecule has 3 saturated heterocycles. The third-order valence-corrected chi connectivity index (χ3v) is 6.22. The molecule has 0 amide bonds. The number of nitro benzene ring substituents is 2. The fourth-order valence-corrected chi connectivity index (χ4v) is 4.90. The first-order chi connectivity index (χ1) is 14.3. The van der Waals surface area contributed by atoms with E-state index in [4.69, 9.17) is 14.2 Å². The highest BCUT2D eigenvalue weighted by Crippen LogP contribution is 2.57. The number of ether oxygens (including phenoxy) is 3. The topological polar surface area (TPSA) is 117 Å². The number of para-hydroxylation sites is 2. The molecule has 0 saturated carbocycles. The molecule has 3 fully saturated rings. The highest BCUT2D eigenvalue weighted by molar-refractivity contribution is 5.47. The molecule has 0 aliphatic carbocycles. The SMILES string of the molecule is C[C@]1(c2ccccc2[N+](=O)[O-])O[C@H]2CO[C@@H]3N2[C@H]1O[C@]3(C)c1ccccc1[N+](=O)[O-]. The summed E-state index contributed by atoms with van der Waals surface area (Å²) in [5.41, 5.74) is -1.67. The Hall–Kier alpha value is -2.92. The van der Waals surface area contributed by atoms with Crippen LogP contribution in [0.1, 0.15) is 25.0 Å². The number of nitrogens with zero attached hydrogens (tertiary/aromatic N) is 3. The van der Waals surface area contributed by atoms with Crippen LogP contribution in [0.15, 0.2) is 48.5 Å². The van der Waals surface area contributed by atoms with Crippen molar-refractivity contribution in [3.8, 4) is 0 Å². The minimum absolute atomic E-state index is 0.0680. The Bertz CT molecular complexity index is 1000. The van der Waals surface area contributed by atoms with Gasteiger partial charge in [0, 0.05) is 12.1 Å². The van der Waals surface area contributed by atoms with E-state index in [-0.39, 0.29) is 18.0 Å². The van der Waals surface area contributed by atoms with Gasteiger partial charge in [-0.1, -0.05) is 24.3 Å². The molecule has 0 radical (unpaired) electrons. The third kappa shape index (κ3) is 2.39. The van der Waals surface area contributed by atoms with E-state index in [1.807, 2.05) is 4.90 Å². The first-order valence-corrected chi connectivity index (χ1v) is 9.50. The van der Waals surface area contributed by atoms with Crippen LogP contribution < -0.4 is 0 Å². The van der Waals surface area contributed by atoms with Gasteiger partial charge in [0.05, 0.1) is 27.6 Å². The van der Waals surface area contributed by atoms with Crippen LogP contribution in [-0.4, -0.2) is 40.0 Å². The van der Waals surface area contributed by atoms with Crippen LogP contribution in [0, 0.1) is 20.2 Å². The smallest absolute Gasteiger partial charge is 0.275 e. The number of hydrogen-bond acceptors (Lipinski definition) is 8. The molecule has 2 aromatic carbocycles. The van der Waals surface area contributed by atoms with Crippen LogP contribution in [0.3, 0.4) is 0 Å². The zero-order valence-corrected chi connectivity index (χ0v) is 16.3. The van der Waals surface area contributed by atoms with Crippen molar-refractivity contribution < 1.29 is 24.1 Å². The van der Waals surface area contributed by atoms with E-state index in [0.717, 1.165) is 0 Å². The Balaban J connectivity index is 1.63. The van der Waals surface area contributed by atoms with Crippen molar-refractivity contribution in [2.45, 2.75) is 43.7 Å². The molecular weight excluding hydrogens is 394 g/mol. The molecule has 3 aliphatic rings. The van der Waals surface area contributed by atoms with Crippen LogP contribution in [0.2, 0.25) is 0 Å². The van der Waals surface area contributed by atoms with E-state index in [0.29, 0.717) is 11.1 Å². The quantitative estimate of drug-likeness (QED) is 0.555. The van der Waals surface area contributed by atoms with E-state index in [1.165, 1.54) is 12.1 Å². The molecule has 5 rings (SSSR count). The van der Waals surface area contributed by atoms with Gasteiger partial charge in [-0.3, -0.25) is 20.2 Å². The zero-order chi connectivity index (χ0) is 21.3. The summed E-state index contributed by atoms with van der Waals surface area (Å²) in [6.07, 6.45) is -1.83. The first kappa shape index (κ1) is 19.1. The van der Waals surface area contributed by atoms with E-state index < -0.39 is 39.7 Å². The minimum atomic E-state index is -1.16. The predicted octanol–water partition coefficient (Wildman–Crippen LogP) is 3.00. The van der Waals surface area contributed by atoms with Gasteiger partial charge in [0.25, 0.3) is 11.4 Å². The molecule has 0 aromatic heterocycles. The fourth-order valence-electron chi connectivity index (χ4n) is 4.90. The van der Waals surface area contributed by atoms with Crippen molar-refractivity contribution in [1.82, 2.24) is 4.90 Å². The maximum absolute atomic E-state index is 11.6. The standard InChI is InChI=1S/C20H19N3O7/c1-19(12-7-3-5-9-14(12)22(24)25)17-21-16(11-28-17)29-20(2,18(21)30-19)13-8-4-6-10-15(13)23(26)27/h3-10,16-18H,11H2,1-2H3/t16-,17-,18-,19+,20+/m0/s1. The summed E-state index contributed by atoms with van der Waals surface area (Å²) in [4.78, 5) is 24.3. The second kappa shape index (κ2) is 6.29. The maximum atomic E-state index is 11.6. The number of hydrogen-bond donors (Lipinski definition) is 0. The third-order valence-electron chi connectivity index (χ3n) is 6.22. The van der Waals surface area contributed by atoms with Gasteiger partial charge in [-0.25, -0.2) is 4.90 Å². The molecule has 156 valence electrons. The van der Waals surface area contributed by atoms with Crippen molar-refractivity contribution in [3.05, 3.63) is 79.9 Å². The molecule has 30 heavy (non-hydrogen) atoms. The molecule has 2 aromatic rings. The average molecular weight is 413 g/mol. The Kier molecular flexibility index (Phi) is 4.00. The Labute approximate surface area is 171 Å². The van der Waals surface area contributed by atoms with E-state index in [2.05, 4.69) is 0 Å².